The van der Waals surface area contributed by atoms with Crippen LogP contribution in [0.3, 0.4) is 0 Å². The Hall–Kier alpha value is -0.0400. The van der Waals surface area contributed by atoms with Crippen molar-refractivity contribution in [1.82, 2.24) is 0 Å². The van der Waals surface area contributed by atoms with Gasteiger partial charge < -0.3 is 4.48 Å². The summed E-state index contributed by atoms with van der Waals surface area (Å²) in [4.78, 5) is 0. The van der Waals surface area contributed by atoms with E-state index >= 15 is 0 Å². The molecule has 1 heteroatoms. The van der Waals surface area contributed by atoms with Crippen LogP contribution in [0.25, 0.3) is 0 Å². The zero-order chi connectivity index (χ0) is 24.3. The van der Waals surface area contributed by atoms with E-state index < -0.39 is 0 Å². The minimum atomic E-state index is 1.35. The molecule has 0 heterocycles. The zero-order valence-electron chi connectivity index (χ0n) is 24.2. The lowest BCUT2D eigenvalue weighted by Crippen LogP contribution is -2.50. The molecule has 0 bridgehead atoms. The van der Waals surface area contributed by atoms with Crippen LogP contribution in [0.5, 0.6) is 0 Å². The lowest BCUT2D eigenvalue weighted by Gasteiger charge is -2.38. The zero-order valence-corrected chi connectivity index (χ0v) is 24.2. The van der Waals surface area contributed by atoms with Crippen molar-refractivity contribution < 1.29 is 4.48 Å². The molecule has 0 aliphatic rings. The average Bonchev–Trinajstić information content (AvgIpc) is 2.80. The monoisotopic (exact) mass is 467 g/mol. The maximum Gasteiger partial charge on any atom is 0.0786 e. The molecule has 0 saturated heterocycles. The van der Waals surface area contributed by atoms with Gasteiger partial charge in [0, 0.05) is 0 Å². The molecule has 0 N–H and O–H groups in total. The van der Waals surface area contributed by atoms with Gasteiger partial charge in [0.15, 0.2) is 0 Å². The first-order valence-corrected chi connectivity index (χ1v) is 16.1. The Kier molecular flexibility index (Phi) is 26.5. The van der Waals surface area contributed by atoms with Crippen LogP contribution in [0.4, 0.5) is 0 Å². The maximum absolute atomic E-state index is 2.37. The SMILES string of the molecule is CCCCCCCCCCCCCCCCCCCCCCC[N+](CCC)(CCC)CCC. The van der Waals surface area contributed by atoms with Crippen LogP contribution in [-0.2, 0) is 0 Å². The van der Waals surface area contributed by atoms with Crippen LogP contribution in [0.2, 0.25) is 0 Å². The van der Waals surface area contributed by atoms with Crippen molar-refractivity contribution in [3.63, 3.8) is 0 Å². The standard InChI is InChI=1S/C32H68N/c1-5-9-10-11-12-13-14-15-16-17-18-19-20-21-22-23-24-25-26-27-28-32-33(29-6-2,30-7-3)31-8-4/h5-32H2,1-4H3/q+1. The molecule has 0 aliphatic carbocycles. The Bertz CT molecular complexity index is 333. The lowest BCUT2D eigenvalue weighted by atomic mass is 10.0. The number of unbranched alkanes of at least 4 members (excludes halogenated alkanes) is 20. The summed E-state index contributed by atoms with van der Waals surface area (Å²) >= 11 is 0. The third-order valence-corrected chi connectivity index (χ3v) is 7.83. The van der Waals surface area contributed by atoms with Gasteiger partial charge in [0.05, 0.1) is 26.2 Å². The second kappa shape index (κ2) is 26.6. The van der Waals surface area contributed by atoms with Crippen LogP contribution in [-0.4, -0.2) is 30.7 Å². The van der Waals surface area contributed by atoms with E-state index in [1.807, 2.05) is 0 Å². The summed E-state index contributed by atoms with van der Waals surface area (Å²) in [6, 6.07) is 0. The van der Waals surface area contributed by atoms with Crippen LogP contribution >= 0.6 is 0 Å². The molecule has 0 aromatic heterocycles. The van der Waals surface area contributed by atoms with Gasteiger partial charge in [-0.3, -0.25) is 0 Å². The lowest BCUT2D eigenvalue weighted by molar-refractivity contribution is -0.928. The topological polar surface area (TPSA) is 0 Å². The third-order valence-electron chi connectivity index (χ3n) is 7.83. The second-order valence-corrected chi connectivity index (χ2v) is 11.3. The number of rotatable bonds is 28. The van der Waals surface area contributed by atoms with Crippen molar-refractivity contribution in [2.45, 2.75) is 182 Å². The average molecular weight is 467 g/mol. The van der Waals surface area contributed by atoms with Gasteiger partial charge >= 0.3 is 0 Å². The Morgan fingerprint density at radius 2 is 0.485 bits per heavy atom. The number of hydrogen-bond acceptors (Lipinski definition) is 0. The summed E-state index contributed by atoms with van der Waals surface area (Å²) in [5.41, 5.74) is 0. The smallest absolute Gasteiger partial charge is 0.0786 e. The summed E-state index contributed by atoms with van der Waals surface area (Å²) in [5, 5.41) is 0. The fourth-order valence-electron chi connectivity index (χ4n) is 5.97. The first-order valence-electron chi connectivity index (χ1n) is 16.1. The van der Waals surface area contributed by atoms with Gasteiger partial charge in [-0.15, -0.1) is 0 Å². The second-order valence-electron chi connectivity index (χ2n) is 11.3. The minimum absolute atomic E-state index is 1.35. The fourth-order valence-corrected chi connectivity index (χ4v) is 5.97. The molecule has 0 radical (unpaired) electrons. The van der Waals surface area contributed by atoms with E-state index in [9.17, 15) is 0 Å². The Labute approximate surface area is 212 Å². The molecule has 0 amide bonds. The molecule has 1 nitrogen and oxygen atoms in total. The molecular weight excluding hydrogens is 398 g/mol. The highest BCUT2D eigenvalue weighted by Crippen LogP contribution is 2.17. The Morgan fingerprint density at radius 3 is 0.727 bits per heavy atom. The quantitative estimate of drug-likeness (QED) is 0.0794. The van der Waals surface area contributed by atoms with Crippen LogP contribution in [0.15, 0.2) is 0 Å². The van der Waals surface area contributed by atoms with Gasteiger partial charge in [-0.1, -0.05) is 150 Å². The van der Waals surface area contributed by atoms with Gasteiger partial charge in [-0.25, -0.2) is 0 Å². The molecule has 0 saturated carbocycles. The van der Waals surface area contributed by atoms with E-state index in [1.54, 1.807) is 0 Å². The van der Waals surface area contributed by atoms with Crippen LogP contribution in [0.1, 0.15) is 182 Å². The third kappa shape index (κ3) is 22.2. The molecule has 0 rings (SSSR count). The molecule has 33 heavy (non-hydrogen) atoms. The summed E-state index contributed by atoms with van der Waals surface area (Å²) in [6.45, 7) is 15.1. The Balaban J connectivity index is 3.35. The van der Waals surface area contributed by atoms with Crippen molar-refractivity contribution in [2.24, 2.45) is 0 Å². The molecule has 0 aliphatic heterocycles. The van der Waals surface area contributed by atoms with E-state index in [2.05, 4.69) is 27.7 Å². The molecular formula is C32H68N+. The fraction of sp³-hybridized carbons (Fsp3) is 1.00. The van der Waals surface area contributed by atoms with Crippen molar-refractivity contribution >= 4 is 0 Å². The summed E-state index contributed by atoms with van der Waals surface area (Å²) < 4.78 is 1.41. The predicted molar refractivity (Wildman–Crippen MR) is 153 cm³/mol. The van der Waals surface area contributed by atoms with E-state index in [4.69, 9.17) is 0 Å². The van der Waals surface area contributed by atoms with Gasteiger partial charge in [0.25, 0.3) is 0 Å². The predicted octanol–water partition coefficient (Wildman–Crippen LogP) is 11.2. The minimum Gasteiger partial charge on any atom is -0.324 e. The van der Waals surface area contributed by atoms with Crippen molar-refractivity contribution in [3.05, 3.63) is 0 Å². The molecule has 0 aromatic rings. The largest absolute Gasteiger partial charge is 0.324 e. The van der Waals surface area contributed by atoms with Gasteiger partial charge in [-0.2, -0.15) is 0 Å². The van der Waals surface area contributed by atoms with Crippen molar-refractivity contribution in [1.29, 1.82) is 0 Å². The van der Waals surface area contributed by atoms with Gasteiger partial charge in [0.2, 0.25) is 0 Å². The highest BCUT2D eigenvalue weighted by Gasteiger charge is 2.23. The number of nitrogens with zero attached hydrogens (tertiary/aromatic N) is 1. The van der Waals surface area contributed by atoms with Gasteiger partial charge in [0.1, 0.15) is 0 Å². The van der Waals surface area contributed by atoms with Crippen LogP contribution in [0, 0.1) is 0 Å². The summed E-state index contributed by atoms with van der Waals surface area (Å²) in [5.74, 6) is 0. The normalized spacial score (nSPS) is 12.0. The number of quaternary nitrogens is 1. The summed E-state index contributed by atoms with van der Waals surface area (Å²) in [6.07, 6.45) is 35.0. The number of hydrogen-bond donors (Lipinski definition) is 0. The highest BCUT2D eigenvalue weighted by molar-refractivity contribution is 4.52. The van der Waals surface area contributed by atoms with E-state index in [1.165, 1.54) is 185 Å². The maximum atomic E-state index is 2.37. The molecule has 0 spiro atoms. The van der Waals surface area contributed by atoms with E-state index in [-0.39, 0.29) is 0 Å². The van der Waals surface area contributed by atoms with Crippen molar-refractivity contribution in [3.8, 4) is 0 Å². The first-order chi connectivity index (χ1) is 16.2. The Morgan fingerprint density at radius 1 is 0.242 bits per heavy atom. The molecule has 0 atom stereocenters. The van der Waals surface area contributed by atoms with Gasteiger partial charge in [-0.05, 0) is 32.1 Å². The molecule has 200 valence electrons. The molecule has 0 aromatic carbocycles. The highest BCUT2D eigenvalue weighted by atomic mass is 15.3. The molecule has 0 unspecified atom stereocenters. The molecule has 0 fully saturated rings. The van der Waals surface area contributed by atoms with Crippen molar-refractivity contribution in [2.75, 3.05) is 26.2 Å². The van der Waals surface area contributed by atoms with Crippen LogP contribution < -0.4 is 0 Å². The first kappa shape index (κ1) is 33.0. The summed E-state index contributed by atoms with van der Waals surface area (Å²) in [7, 11) is 0. The van der Waals surface area contributed by atoms with E-state index in [0.29, 0.717) is 0 Å². The van der Waals surface area contributed by atoms with E-state index in [0.717, 1.165) is 0 Å².